The Balaban J connectivity index is 1.77. The second-order valence-corrected chi connectivity index (χ2v) is 6.06. The number of ether oxygens (including phenoxy) is 1. The number of hydrogen-bond donors (Lipinski definition) is 1. The average Bonchev–Trinajstić information content (AvgIpc) is 2.63. The number of hydrogen-bond acceptors (Lipinski definition) is 4. The predicted octanol–water partition coefficient (Wildman–Crippen LogP) is 4.87. The number of anilines is 1. The Morgan fingerprint density at radius 2 is 1.93 bits per heavy atom. The summed E-state index contributed by atoms with van der Waals surface area (Å²) >= 11 is 4.71. The lowest BCUT2D eigenvalue weighted by Crippen LogP contribution is -2.16. The number of alkyl halides is 3. The summed E-state index contributed by atoms with van der Waals surface area (Å²) in [7, 11) is 0. The van der Waals surface area contributed by atoms with Gasteiger partial charge in [0.25, 0.3) is 5.91 Å². The minimum Gasteiger partial charge on any atom is -0.420 e. The highest BCUT2D eigenvalue weighted by Crippen LogP contribution is 2.26. The SMILES string of the molecule is Cc1ncc(C(=O)Nc2ccc(OC(F)(F)Cl)cc2)cc1-c1cccnc1. The van der Waals surface area contributed by atoms with Crippen LogP contribution >= 0.6 is 11.6 Å². The highest BCUT2D eigenvalue weighted by molar-refractivity contribution is 6.20. The van der Waals surface area contributed by atoms with Crippen LogP contribution in [0.4, 0.5) is 14.5 Å². The number of aromatic nitrogens is 2. The van der Waals surface area contributed by atoms with E-state index in [4.69, 9.17) is 11.6 Å². The van der Waals surface area contributed by atoms with Gasteiger partial charge in [-0.05, 0) is 43.3 Å². The largest absolute Gasteiger partial charge is 0.487 e. The van der Waals surface area contributed by atoms with E-state index < -0.39 is 5.57 Å². The van der Waals surface area contributed by atoms with Crippen LogP contribution < -0.4 is 10.1 Å². The van der Waals surface area contributed by atoms with Crippen molar-refractivity contribution in [3.8, 4) is 16.9 Å². The topological polar surface area (TPSA) is 64.1 Å². The van der Waals surface area contributed by atoms with Crippen molar-refractivity contribution >= 4 is 23.2 Å². The van der Waals surface area contributed by atoms with Crippen molar-refractivity contribution in [2.75, 3.05) is 5.32 Å². The Bertz CT molecular complexity index is 945. The molecule has 0 aliphatic heterocycles. The molecule has 0 spiro atoms. The van der Waals surface area contributed by atoms with Crippen molar-refractivity contribution < 1.29 is 18.3 Å². The normalized spacial score (nSPS) is 11.1. The van der Waals surface area contributed by atoms with Crippen molar-refractivity contribution in [2.45, 2.75) is 12.5 Å². The summed E-state index contributed by atoms with van der Waals surface area (Å²) in [6.07, 6.45) is 4.82. The number of halogens is 3. The average molecular weight is 390 g/mol. The number of benzene rings is 1. The summed E-state index contributed by atoms with van der Waals surface area (Å²) in [4.78, 5) is 20.8. The molecule has 1 amide bonds. The molecule has 5 nitrogen and oxygen atoms in total. The predicted molar refractivity (Wildman–Crippen MR) is 98.0 cm³/mol. The summed E-state index contributed by atoms with van der Waals surface area (Å²) in [6, 6.07) is 10.8. The summed E-state index contributed by atoms with van der Waals surface area (Å²) in [5.74, 6) is -0.507. The molecular formula is C19H14ClF2N3O2. The van der Waals surface area contributed by atoms with Gasteiger partial charge in [0, 0.05) is 52.7 Å². The highest BCUT2D eigenvalue weighted by Gasteiger charge is 2.27. The van der Waals surface area contributed by atoms with E-state index in [-0.39, 0.29) is 11.7 Å². The monoisotopic (exact) mass is 389 g/mol. The zero-order valence-corrected chi connectivity index (χ0v) is 14.9. The molecule has 2 aromatic heterocycles. The Hall–Kier alpha value is -3.06. The van der Waals surface area contributed by atoms with Crippen LogP contribution in [-0.4, -0.2) is 21.4 Å². The van der Waals surface area contributed by atoms with Crippen molar-refractivity contribution in [3.63, 3.8) is 0 Å². The number of nitrogens with one attached hydrogen (secondary N) is 1. The molecule has 0 unspecified atom stereocenters. The Morgan fingerprint density at radius 3 is 2.56 bits per heavy atom. The van der Waals surface area contributed by atoms with Gasteiger partial charge in [0.2, 0.25) is 0 Å². The molecule has 2 heterocycles. The van der Waals surface area contributed by atoms with Crippen molar-refractivity contribution in [1.82, 2.24) is 9.97 Å². The minimum absolute atomic E-state index is 0.121. The maximum Gasteiger partial charge on any atom is 0.487 e. The molecular weight excluding hydrogens is 376 g/mol. The third kappa shape index (κ3) is 4.98. The van der Waals surface area contributed by atoms with Gasteiger partial charge in [0.05, 0.1) is 5.56 Å². The molecule has 0 aliphatic carbocycles. The second kappa shape index (κ2) is 7.67. The Kier molecular flexibility index (Phi) is 5.32. The number of nitrogens with zero attached hydrogens (tertiary/aromatic N) is 2. The van der Waals surface area contributed by atoms with Crippen molar-refractivity contribution in [3.05, 3.63) is 72.3 Å². The van der Waals surface area contributed by atoms with Gasteiger partial charge in [0.1, 0.15) is 5.75 Å². The van der Waals surface area contributed by atoms with Crippen molar-refractivity contribution in [2.24, 2.45) is 0 Å². The zero-order chi connectivity index (χ0) is 19.4. The molecule has 3 aromatic rings. The van der Waals surface area contributed by atoms with Crippen LogP contribution in [0.2, 0.25) is 0 Å². The smallest absolute Gasteiger partial charge is 0.420 e. The van der Waals surface area contributed by atoms with Gasteiger partial charge in [-0.25, -0.2) is 0 Å². The first kappa shape index (κ1) is 18.7. The van der Waals surface area contributed by atoms with E-state index in [0.29, 0.717) is 11.3 Å². The van der Waals surface area contributed by atoms with Crippen LogP contribution in [0.3, 0.4) is 0 Å². The van der Waals surface area contributed by atoms with Crippen LogP contribution in [0, 0.1) is 6.92 Å². The van der Waals surface area contributed by atoms with Crippen molar-refractivity contribution in [1.29, 1.82) is 0 Å². The van der Waals surface area contributed by atoms with Gasteiger partial charge in [0.15, 0.2) is 0 Å². The fourth-order valence-corrected chi connectivity index (χ4v) is 2.50. The van der Waals surface area contributed by atoms with E-state index in [1.165, 1.54) is 30.5 Å². The van der Waals surface area contributed by atoms with Gasteiger partial charge in [-0.3, -0.25) is 14.8 Å². The molecule has 27 heavy (non-hydrogen) atoms. The molecule has 0 bridgehead atoms. The Morgan fingerprint density at radius 1 is 1.19 bits per heavy atom. The minimum atomic E-state index is -3.79. The molecule has 3 rings (SSSR count). The highest BCUT2D eigenvalue weighted by atomic mass is 35.5. The maximum atomic E-state index is 12.6. The van der Waals surface area contributed by atoms with Crippen LogP contribution in [0.5, 0.6) is 5.75 Å². The first-order valence-electron chi connectivity index (χ1n) is 7.86. The third-order valence-electron chi connectivity index (χ3n) is 3.67. The van der Waals surface area contributed by atoms with E-state index in [2.05, 4.69) is 20.0 Å². The zero-order valence-electron chi connectivity index (χ0n) is 14.1. The standard InChI is InChI=1S/C19H14ClF2N3O2/c1-12-17(13-3-2-8-23-10-13)9-14(11-24-12)18(26)25-15-4-6-16(7-5-15)27-19(20,21)22/h2-11H,1H3,(H,25,26). The first-order valence-corrected chi connectivity index (χ1v) is 8.24. The van der Waals surface area contributed by atoms with E-state index in [0.717, 1.165) is 16.8 Å². The number of pyridine rings is 2. The first-order chi connectivity index (χ1) is 12.8. The Labute approximate surface area is 159 Å². The molecule has 8 heteroatoms. The number of carbonyl (C=O) groups excluding carboxylic acids is 1. The van der Waals surface area contributed by atoms with Gasteiger partial charge in [-0.1, -0.05) is 6.07 Å². The quantitative estimate of drug-likeness (QED) is 0.632. The molecule has 0 saturated carbocycles. The third-order valence-corrected chi connectivity index (χ3v) is 3.74. The van der Waals surface area contributed by atoms with Gasteiger partial charge >= 0.3 is 5.57 Å². The molecule has 1 aromatic carbocycles. The number of aryl methyl sites for hydroxylation is 1. The van der Waals surface area contributed by atoms with E-state index in [1.54, 1.807) is 24.5 Å². The fourth-order valence-electron chi connectivity index (χ4n) is 2.41. The van der Waals surface area contributed by atoms with E-state index in [1.807, 2.05) is 13.0 Å². The lowest BCUT2D eigenvalue weighted by Gasteiger charge is -2.12. The molecule has 0 saturated heterocycles. The summed E-state index contributed by atoms with van der Waals surface area (Å²) in [5, 5.41) is 2.68. The van der Waals surface area contributed by atoms with Gasteiger partial charge in [-0.15, -0.1) is 8.78 Å². The van der Waals surface area contributed by atoms with Gasteiger partial charge < -0.3 is 10.1 Å². The summed E-state index contributed by atoms with van der Waals surface area (Å²) < 4.78 is 29.5. The van der Waals surface area contributed by atoms with Crippen LogP contribution in [0.15, 0.2) is 61.1 Å². The van der Waals surface area contributed by atoms with E-state index >= 15 is 0 Å². The number of amides is 1. The molecule has 0 atom stereocenters. The summed E-state index contributed by atoms with van der Waals surface area (Å²) in [5.41, 5.74) is -0.616. The second-order valence-electron chi connectivity index (χ2n) is 5.62. The summed E-state index contributed by atoms with van der Waals surface area (Å²) in [6.45, 7) is 1.84. The molecule has 0 fully saturated rings. The fraction of sp³-hybridized carbons (Fsp3) is 0.105. The maximum absolute atomic E-state index is 12.6. The number of carbonyl (C=O) groups is 1. The van der Waals surface area contributed by atoms with Crippen LogP contribution in [0.1, 0.15) is 16.1 Å². The molecule has 0 aliphatic rings. The molecule has 1 N–H and O–H groups in total. The number of rotatable bonds is 5. The lowest BCUT2D eigenvalue weighted by atomic mass is 10.0. The van der Waals surface area contributed by atoms with Gasteiger partial charge in [-0.2, -0.15) is 0 Å². The molecule has 138 valence electrons. The van der Waals surface area contributed by atoms with Crippen LogP contribution in [0.25, 0.3) is 11.1 Å². The lowest BCUT2D eigenvalue weighted by molar-refractivity contribution is -0.0964. The van der Waals surface area contributed by atoms with Crippen LogP contribution in [-0.2, 0) is 0 Å². The van der Waals surface area contributed by atoms with E-state index in [9.17, 15) is 13.6 Å². The molecule has 0 radical (unpaired) electrons.